The third kappa shape index (κ3) is 16.7. The summed E-state index contributed by atoms with van der Waals surface area (Å²) >= 11 is 0. The number of azide groups is 2. The van der Waals surface area contributed by atoms with Gasteiger partial charge in [0.05, 0.1) is 71.5 Å². The monoisotopic (exact) mass is 1190 g/mol. The maximum atomic E-state index is 13.2. The maximum absolute atomic E-state index is 13.2. The van der Waals surface area contributed by atoms with Crippen LogP contribution in [0.2, 0.25) is 0 Å². The van der Waals surface area contributed by atoms with Gasteiger partial charge in [-0.15, -0.1) is 0 Å². The van der Waals surface area contributed by atoms with Crippen LogP contribution in [0.5, 0.6) is 0 Å². The summed E-state index contributed by atoms with van der Waals surface area (Å²) in [6.45, 7) is 11.2. The van der Waals surface area contributed by atoms with Gasteiger partial charge in [0, 0.05) is 35.7 Å². The van der Waals surface area contributed by atoms with Crippen molar-refractivity contribution < 1.29 is 91.0 Å². The molecule has 4 aliphatic heterocycles. The van der Waals surface area contributed by atoms with Crippen molar-refractivity contribution in [3.63, 3.8) is 0 Å². The Morgan fingerprint density at radius 2 is 0.860 bits per heavy atom. The van der Waals surface area contributed by atoms with Gasteiger partial charge in [-0.25, -0.2) is 19.2 Å². The highest BCUT2D eigenvalue weighted by atomic mass is 16.7. The third-order valence-electron chi connectivity index (χ3n) is 15.9. The molecule has 8 rings (SSSR count). The first kappa shape index (κ1) is 66.0. The van der Waals surface area contributed by atoms with Crippen molar-refractivity contribution in [2.45, 2.75) is 140 Å². The van der Waals surface area contributed by atoms with Crippen LogP contribution in [0.15, 0.2) is 132 Å². The minimum Gasteiger partial charge on any atom is -0.463 e. The molecule has 0 bridgehead atoms. The van der Waals surface area contributed by atoms with Gasteiger partial charge in [0.1, 0.15) is 38.1 Å². The fourth-order valence-electron chi connectivity index (χ4n) is 10.8. The van der Waals surface area contributed by atoms with Crippen LogP contribution in [0.25, 0.3) is 20.9 Å². The fourth-order valence-corrected chi connectivity index (χ4v) is 10.8. The lowest BCUT2D eigenvalue weighted by atomic mass is 9.83. The van der Waals surface area contributed by atoms with Gasteiger partial charge in [0.2, 0.25) is 0 Å². The van der Waals surface area contributed by atoms with Crippen molar-refractivity contribution in [2.75, 3.05) is 33.5 Å². The molecule has 4 aromatic carbocycles. The Labute approximate surface area is 497 Å². The highest BCUT2D eigenvalue weighted by Crippen LogP contribution is 2.40. The lowest BCUT2D eigenvalue weighted by molar-refractivity contribution is -0.327. The number of rotatable bonds is 20. The number of benzene rings is 4. The quantitative estimate of drug-likeness (QED) is 0.0278. The highest BCUT2D eigenvalue weighted by Gasteiger charge is 2.53. The highest BCUT2D eigenvalue weighted by molar-refractivity contribution is 5.91. The number of esters is 5. The van der Waals surface area contributed by atoms with Crippen molar-refractivity contribution in [2.24, 2.45) is 39.8 Å². The summed E-state index contributed by atoms with van der Waals surface area (Å²) in [4.78, 5) is 69.2. The molecular formula is C61H74N6O19. The second-order valence-corrected chi connectivity index (χ2v) is 21.5. The fraction of sp³-hybridized carbons (Fsp3) is 0.525. The van der Waals surface area contributed by atoms with Crippen LogP contribution in [0.4, 0.5) is 0 Å². The van der Waals surface area contributed by atoms with Crippen LogP contribution in [-0.4, -0.2) is 166 Å². The molecule has 4 aliphatic rings. The topological polar surface area (TPSA) is 334 Å². The Morgan fingerprint density at radius 3 is 1.29 bits per heavy atom. The summed E-state index contributed by atoms with van der Waals surface area (Å²) in [5.74, 6) is -4.95. The lowest BCUT2D eigenvalue weighted by Gasteiger charge is -2.48. The molecule has 20 atom stereocenters. The number of aliphatic hydroxyl groups is 2. The summed E-state index contributed by atoms with van der Waals surface area (Å²) in [5.41, 5.74) is 19.8. The molecule has 86 heavy (non-hydrogen) atoms. The van der Waals surface area contributed by atoms with Crippen molar-refractivity contribution in [3.05, 3.63) is 164 Å². The Hall–Kier alpha value is -7.51. The zero-order valence-corrected chi connectivity index (χ0v) is 48.9. The first-order valence-corrected chi connectivity index (χ1v) is 28.3. The minimum absolute atomic E-state index is 0.0397. The molecule has 0 aliphatic carbocycles. The van der Waals surface area contributed by atoms with Gasteiger partial charge in [-0.1, -0.05) is 118 Å². The zero-order chi connectivity index (χ0) is 62.0. The number of hydrogen-bond acceptors (Lipinski definition) is 21. The van der Waals surface area contributed by atoms with Crippen LogP contribution in [0.3, 0.4) is 0 Å². The molecule has 25 nitrogen and oxygen atoms in total. The number of ether oxygens (including phenoxy) is 12. The Morgan fingerprint density at radius 1 is 0.477 bits per heavy atom. The van der Waals surface area contributed by atoms with Gasteiger partial charge in [0.25, 0.3) is 0 Å². The average Bonchev–Trinajstić information content (AvgIpc) is 2.70. The van der Waals surface area contributed by atoms with E-state index < -0.39 is 146 Å². The smallest absolute Gasteiger partial charge is 0.338 e. The van der Waals surface area contributed by atoms with Crippen LogP contribution >= 0.6 is 0 Å². The molecule has 0 saturated carbocycles. The predicted molar refractivity (Wildman–Crippen MR) is 303 cm³/mol. The molecular weight excluding hydrogens is 1120 g/mol. The standard InChI is InChI=1S/C32H39N3O10.C29H35N3O9/c1-18-19(2)28(44-30(38)23-14-10-7-11-15-23)32(42-24(18)16-40-21(4)36)45-27-20(3)26(34-35-33)31(39-5)43-25(27)17-41-29(37)22-12-8-6-9-13-22;1-16-23(31-32-30)18(3)38-22(15-37-27(35)19-10-6-4-7-11-19)25(16)41-29-26(17(2)24(34)21(14-33)39-29)40-28(36)20-12-8-5-9-13-20/h6-15,18-20,24-28,31-32H,16-17H2,1-5H3;4-13,16-18,21-26,29,33-34H,14-15H2,1-3H3/t18-,19-,20+,24?,25?,26?,27-,28?,31-,32-;16-,17+,18-,21?,22?,23?,24+,25+,26?,29+/m01/s1. The largest absolute Gasteiger partial charge is 0.463 e. The van der Waals surface area contributed by atoms with Crippen LogP contribution < -0.4 is 0 Å². The molecule has 4 saturated heterocycles. The summed E-state index contributed by atoms with van der Waals surface area (Å²) in [7, 11) is 1.41. The second-order valence-electron chi connectivity index (χ2n) is 21.5. The summed E-state index contributed by atoms with van der Waals surface area (Å²) < 4.78 is 71.2. The molecule has 4 aromatic rings. The van der Waals surface area contributed by atoms with Crippen LogP contribution in [0.1, 0.15) is 89.9 Å². The summed E-state index contributed by atoms with van der Waals surface area (Å²) in [5, 5.41) is 28.4. The average molecular weight is 1200 g/mol. The van der Waals surface area contributed by atoms with Gasteiger partial charge in [-0.05, 0) is 84.3 Å². The van der Waals surface area contributed by atoms with Crippen molar-refractivity contribution in [1.29, 1.82) is 0 Å². The van der Waals surface area contributed by atoms with E-state index in [-0.39, 0.29) is 31.7 Å². The number of hydrogen-bond donors (Lipinski definition) is 2. The molecule has 0 aromatic heterocycles. The molecule has 462 valence electrons. The van der Waals surface area contributed by atoms with Gasteiger partial charge in [-0.3, -0.25) is 4.79 Å². The van der Waals surface area contributed by atoms with E-state index in [4.69, 9.17) is 62.4 Å². The number of nitrogens with zero attached hydrogens (tertiary/aromatic N) is 6. The molecule has 4 heterocycles. The maximum Gasteiger partial charge on any atom is 0.338 e. The van der Waals surface area contributed by atoms with E-state index in [0.717, 1.165) is 0 Å². The van der Waals surface area contributed by atoms with Crippen LogP contribution in [-0.2, 0) is 61.6 Å². The Balaban J connectivity index is 0.000000247. The van der Waals surface area contributed by atoms with E-state index in [9.17, 15) is 39.7 Å². The molecule has 25 heteroatoms. The first-order chi connectivity index (χ1) is 41.4. The SMILES string of the molecule is CO[C@H]1OC(COC(=O)c2ccccc2)[C@@H](O[C@@H]2OC(COC(C)=O)[C@@H](C)[C@H](C)C2OC(=O)c2ccccc2)[C@H](C)C1N=[N+]=[N-].C[C@@H]1C(OC(=O)c2ccccc2)[C@H](O[C@@H]2C(COC(=O)c3ccccc3)O[C@H](C)C(N=[N+]=[N-])[C@H]2C)OC(CO)[C@H]1O. The van der Waals surface area contributed by atoms with E-state index in [1.165, 1.54) is 14.0 Å². The second kappa shape index (κ2) is 31.8. The number of carbonyl (C=O) groups excluding carboxylic acids is 5. The minimum atomic E-state index is -1.23. The third-order valence-corrected chi connectivity index (χ3v) is 15.9. The van der Waals surface area contributed by atoms with E-state index in [2.05, 4.69) is 20.1 Å². The van der Waals surface area contributed by atoms with E-state index >= 15 is 0 Å². The van der Waals surface area contributed by atoms with Gasteiger partial charge in [-0.2, -0.15) is 0 Å². The lowest BCUT2D eigenvalue weighted by Crippen LogP contribution is -2.61. The summed E-state index contributed by atoms with van der Waals surface area (Å²) in [6, 6.07) is 32.4. The normalized spacial score (nSPS) is 32.2. The number of carbonyl (C=O) groups is 5. The van der Waals surface area contributed by atoms with Gasteiger partial charge < -0.3 is 67.1 Å². The first-order valence-electron chi connectivity index (χ1n) is 28.3. The van der Waals surface area contributed by atoms with Gasteiger partial charge in [0.15, 0.2) is 31.1 Å². The Bertz CT molecular complexity index is 2940. The van der Waals surface area contributed by atoms with E-state index in [1.54, 1.807) is 142 Å². The van der Waals surface area contributed by atoms with Crippen molar-refractivity contribution >= 4 is 29.8 Å². The molecule has 2 N–H and O–H groups in total. The predicted octanol–water partition coefficient (Wildman–Crippen LogP) is 7.97. The molecule has 0 spiro atoms. The van der Waals surface area contributed by atoms with Crippen LogP contribution in [0, 0.1) is 29.6 Å². The zero-order valence-electron chi connectivity index (χ0n) is 48.9. The summed E-state index contributed by atoms with van der Waals surface area (Å²) in [6.07, 6.45) is -12.0. The molecule has 0 radical (unpaired) electrons. The van der Waals surface area contributed by atoms with E-state index in [1.807, 2.05) is 20.8 Å². The Kier molecular flexibility index (Phi) is 24.4. The van der Waals surface area contributed by atoms with Crippen molar-refractivity contribution in [3.8, 4) is 0 Å². The molecule has 0 amide bonds. The molecule has 4 fully saturated rings. The molecule has 8 unspecified atom stereocenters. The van der Waals surface area contributed by atoms with E-state index in [0.29, 0.717) is 22.3 Å². The number of aliphatic hydroxyl groups excluding tert-OH is 2. The van der Waals surface area contributed by atoms with Crippen molar-refractivity contribution in [1.82, 2.24) is 0 Å². The number of methoxy groups -OCH3 is 1. The van der Waals surface area contributed by atoms with Gasteiger partial charge >= 0.3 is 29.8 Å².